The lowest BCUT2D eigenvalue weighted by atomic mass is 9.85. The van der Waals surface area contributed by atoms with Crippen molar-refractivity contribution in [3.05, 3.63) is 35.9 Å². The first-order chi connectivity index (χ1) is 12.6. The molecule has 0 aliphatic carbocycles. The van der Waals surface area contributed by atoms with Crippen molar-refractivity contribution in [1.29, 1.82) is 0 Å². The first-order valence-corrected chi connectivity index (χ1v) is 9.99. The van der Waals surface area contributed by atoms with E-state index in [0.717, 1.165) is 58.3 Å². The van der Waals surface area contributed by atoms with Gasteiger partial charge in [-0.3, -0.25) is 9.89 Å². The Morgan fingerprint density at radius 2 is 1.85 bits per heavy atom. The molecule has 1 saturated heterocycles. The summed E-state index contributed by atoms with van der Waals surface area (Å²) >= 11 is 0. The number of nitrogens with zero attached hydrogens (tertiary/aromatic N) is 2. The zero-order valence-electron chi connectivity index (χ0n) is 16.8. The third-order valence-corrected chi connectivity index (χ3v) is 4.83. The Morgan fingerprint density at radius 3 is 2.54 bits per heavy atom. The van der Waals surface area contributed by atoms with Crippen LogP contribution in [0.25, 0.3) is 0 Å². The van der Waals surface area contributed by atoms with E-state index in [0.29, 0.717) is 0 Å². The molecule has 0 unspecified atom stereocenters. The summed E-state index contributed by atoms with van der Waals surface area (Å²) in [7, 11) is 0. The van der Waals surface area contributed by atoms with Crippen LogP contribution in [0.2, 0.25) is 0 Å². The van der Waals surface area contributed by atoms with Gasteiger partial charge in [0.25, 0.3) is 0 Å². The van der Waals surface area contributed by atoms with Gasteiger partial charge in [0.2, 0.25) is 0 Å². The molecule has 5 heteroatoms. The minimum absolute atomic E-state index is 0.0277. The maximum Gasteiger partial charge on any atom is 0.191 e. The van der Waals surface area contributed by atoms with Crippen molar-refractivity contribution >= 4 is 5.96 Å². The molecule has 5 nitrogen and oxygen atoms in total. The van der Waals surface area contributed by atoms with Crippen molar-refractivity contribution in [1.82, 2.24) is 15.5 Å². The lowest BCUT2D eigenvalue weighted by Crippen LogP contribution is -2.39. The Labute approximate surface area is 159 Å². The summed E-state index contributed by atoms with van der Waals surface area (Å²) in [6.07, 6.45) is 2.37. The fourth-order valence-electron chi connectivity index (χ4n) is 3.09. The van der Waals surface area contributed by atoms with Gasteiger partial charge in [-0.1, -0.05) is 44.2 Å². The standard InChI is InChI=1S/C21H36N4O/c1-4-22-20(23-12-8-9-13-25-14-16-26-17-15-25)24-18-21(2,3)19-10-6-5-7-11-19/h5-7,10-11H,4,8-9,12-18H2,1-3H3,(H2,22,23,24). The van der Waals surface area contributed by atoms with E-state index in [4.69, 9.17) is 9.73 Å². The molecule has 2 N–H and O–H groups in total. The second-order valence-corrected chi connectivity index (χ2v) is 7.53. The number of aliphatic imine (C=N–C) groups is 1. The molecular weight excluding hydrogens is 324 g/mol. The van der Waals surface area contributed by atoms with Gasteiger partial charge in [-0.2, -0.15) is 0 Å². The van der Waals surface area contributed by atoms with Gasteiger partial charge in [0.1, 0.15) is 0 Å². The van der Waals surface area contributed by atoms with Crippen LogP contribution < -0.4 is 10.6 Å². The SMILES string of the molecule is CCNC(=NCC(C)(C)c1ccccc1)NCCCCN1CCOCC1. The average Bonchev–Trinajstić information content (AvgIpc) is 2.67. The normalized spacial score (nSPS) is 16.5. The van der Waals surface area contributed by atoms with Crippen LogP contribution in [0.4, 0.5) is 0 Å². The second-order valence-electron chi connectivity index (χ2n) is 7.53. The van der Waals surface area contributed by atoms with Crippen molar-refractivity contribution in [3.8, 4) is 0 Å². The van der Waals surface area contributed by atoms with Gasteiger partial charge in [-0.05, 0) is 31.9 Å². The minimum atomic E-state index is 0.0277. The van der Waals surface area contributed by atoms with E-state index in [1.54, 1.807) is 0 Å². The molecule has 0 bridgehead atoms. The molecule has 0 atom stereocenters. The van der Waals surface area contributed by atoms with E-state index >= 15 is 0 Å². The maximum atomic E-state index is 5.39. The van der Waals surface area contributed by atoms with Gasteiger partial charge in [-0.25, -0.2) is 0 Å². The predicted molar refractivity (Wildman–Crippen MR) is 110 cm³/mol. The molecule has 146 valence electrons. The van der Waals surface area contributed by atoms with Gasteiger partial charge < -0.3 is 15.4 Å². The number of benzene rings is 1. The molecule has 0 aromatic heterocycles. The number of hydrogen-bond donors (Lipinski definition) is 2. The number of rotatable bonds is 9. The van der Waals surface area contributed by atoms with Gasteiger partial charge in [0, 0.05) is 31.6 Å². The van der Waals surface area contributed by atoms with Crippen molar-refractivity contribution in [2.24, 2.45) is 4.99 Å². The van der Waals surface area contributed by atoms with E-state index < -0.39 is 0 Å². The predicted octanol–water partition coefficient (Wildman–Crippen LogP) is 2.63. The molecule has 1 aromatic carbocycles. The average molecular weight is 361 g/mol. The number of unbranched alkanes of at least 4 members (excludes halogenated alkanes) is 1. The molecule has 26 heavy (non-hydrogen) atoms. The quantitative estimate of drug-likeness (QED) is 0.404. The first-order valence-electron chi connectivity index (χ1n) is 9.99. The maximum absolute atomic E-state index is 5.39. The summed E-state index contributed by atoms with van der Waals surface area (Å²) in [6, 6.07) is 10.6. The molecular formula is C21H36N4O. The van der Waals surface area contributed by atoms with Gasteiger partial charge in [-0.15, -0.1) is 0 Å². The molecule has 0 amide bonds. The molecule has 2 rings (SSSR count). The summed E-state index contributed by atoms with van der Waals surface area (Å²) in [4.78, 5) is 7.31. The summed E-state index contributed by atoms with van der Waals surface area (Å²) in [5.74, 6) is 0.919. The zero-order chi connectivity index (χ0) is 18.7. The Hall–Kier alpha value is -1.59. The number of guanidine groups is 1. The third kappa shape index (κ3) is 7.34. The van der Waals surface area contributed by atoms with E-state index in [9.17, 15) is 0 Å². The highest BCUT2D eigenvalue weighted by molar-refractivity contribution is 5.79. The minimum Gasteiger partial charge on any atom is -0.379 e. The lowest BCUT2D eigenvalue weighted by molar-refractivity contribution is 0.0372. The van der Waals surface area contributed by atoms with Gasteiger partial charge in [0.05, 0.1) is 19.8 Å². The van der Waals surface area contributed by atoms with Gasteiger partial charge in [0.15, 0.2) is 5.96 Å². The molecule has 1 aliphatic heterocycles. The molecule has 0 radical (unpaired) electrons. The Kier molecular flexibility index (Phi) is 8.92. The third-order valence-electron chi connectivity index (χ3n) is 4.83. The van der Waals surface area contributed by atoms with E-state index in [1.165, 1.54) is 18.5 Å². The Bertz CT molecular complexity index is 524. The molecule has 0 saturated carbocycles. The van der Waals surface area contributed by atoms with Crippen LogP contribution in [0, 0.1) is 0 Å². The van der Waals surface area contributed by atoms with Crippen LogP contribution in [0.1, 0.15) is 39.2 Å². The van der Waals surface area contributed by atoms with Gasteiger partial charge >= 0.3 is 0 Å². The zero-order valence-corrected chi connectivity index (χ0v) is 16.8. The highest BCUT2D eigenvalue weighted by Crippen LogP contribution is 2.22. The monoisotopic (exact) mass is 360 g/mol. The van der Waals surface area contributed by atoms with E-state index in [1.807, 2.05) is 0 Å². The lowest BCUT2D eigenvalue weighted by Gasteiger charge is -2.26. The summed E-state index contributed by atoms with van der Waals surface area (Å²) < 4.78 is 5.39. The number of hydrogen-bond acceptors (Lipinski definition) is 3. The van der Waals surface area contributed by atoms with Crippen molar-refractivity contribution in [2.45, 2.75) is 39.0 Å². The fraction of sp³-hybridized carbons (Fsp3) is 0.667. The second kappa shape index (κ2) is 11.2. The number of nitrogens with one attached hydrogen (secondary N) is 2. The van der Waals surface area contributed by atoms with Crippen LogP contribution in [0.5, 0.6) is 0 Å². The van der Waals surface area contributed by atoms with E-state index in [2.05, 4.69) is 66.6 Å². The van der Waals surface area contributed by atoms with Crippen LogP contribution >= 0.6 is 0 Å². The summed E-state index contributed by atoms with van der Waals surface area (Å²) in [6.45, 7) is 14.3. The summed E-state index contributed by atoms with van der Waals surface area (Å²) in [5.41, 5.74) is 1.35. The van der Waals surface area contributed by atoms with Crippen LogP contribution in [-0.2, 0) is 10.2 Å². The van der Waals surface area contributed by atoms with Crippen LogP contribution in [0.15, 0.2) is 35.3 Å². The molecule has 1 heterocycles. The highest BCUT2D eigenvalue weighted by Gasteiger charge is 2.20. The van der Waals surface area contributed by atoms with Crippen molar-refractivity contribution in [2.75, 3.05) is 52.5 Å². The Balaban J connectivity index is 1.73. The molecule has 1 fully saturated rings. The fourth-order valence-corrected chi connectivity index (χ4v) is 3.09. The highest BCUT2D eigenvalue weighted by atomic mass is 16.5. The Morgan fingerprint density at radius 1 is 1.12 bits per heavy atom. The first kappa shape index (κ1) is 20.7. The molecule has 1 aromatic rings. The van der Waals surface area contributed by atoms with Crippen molar-refractivity contribution in [3.63, 3.8) is 0 Å². The van der Waals surface area contributed by atoms with Crippen molar-refractivity contribution < 1.29 is 4.74 Å². The number of morpholine rings is 1. The molecule has 1 aliphatic rings. The molecule has 0 spiro atoms. The number of ether oxygens (including phenoxy) is 1. The topological polar surface area (TPSA) is 48.9 Å². The summed E-state index contributed by atoms with van der Waals surface area (Å²) in [5, 5.41) is 6.84. The smallest absolute Gasteiger partial charge is 0.191 e. The van der Waals surface area contributed by atoms with E-state index in [-0.39, 0.29) is 5.41 Å². The van der Waals surface area contributed by atoms with Crippen LogP contribution in [-0.4, -0.2) is 63.3 Å². The van der Waals surface area contributed by atoms with Crippen LogP contribution in [0.3, 0.4) is 0 Å². The largest absolute Gasteiger partial charge is 0.379 e.